The molecule has 8 atom stereocenters. The van der Waals surface area contributed by atoms with E-state index in [1.807, 2.05) is 39.0 Å². The quantitative estimate of drug-likeness (QED) is 0.0698. The molecule has 5 fully saturated rings. The van der Waals surface area contributed by atoms with Crippen molar-refractivity contribution >= 4 is 30.0 Å². The van der Waals surface area contributed by atoms with Gasteiger partial charge in [-0.1, -0.05) is 85.2 Å². The standard InChI is InChI=1S/C29H42O6.C9H12O2.C4H6.CO2.CH4/c1-6-8-21-10-11-22(27(31)33-21)18(5)15-20(24-12-9-19(7-2)26(30)34-24)16-23-25-13-14-29(23,17(3)4)28(32)35-25;1-3-7-5-6-8(4-2)11-9(7)10;1-3-4-2;2-1-3;/h7-8,17-18,20,22-25H,6,9-16H2,1-5H3;3-4,8H,2,5-6H2,1H3;3-4H,1-2H2;;1H4/b19-7+,21-8-;7-3+;;;. The molecule has 0 amide bonds. The van der Waals surface area contributed by atoms with E-state index in [-0.39, 0.29) is 85.4 Å². The van der Waals surface area contributed by atoms with Gasteiger partial charge in [-0.25, -0.2) is 9.59 Å². The first-order chi connectivity index (χ1) is 25.3. The molecule has 10 nitrogen and oxygen atoms in total. The van der Waals surface area contributed by atoms with Crippen LogP contribution in [0.1, 0.15) is 120 Å². The van der Waals surface area contributed by atoms with E-state index in [1.54, 1.807) is 18.2 Å². The molecule has 4 saturated heterocycles. The van der Waals surface area contributed by atoms with E-state index < -0.39 is 5.41 Å². The largest absolute Gasteiger partial charge is 0.462 e. The van der Waals surface area contributed by atoms with E-state index in [1.165, 1.54) is 0 Å². The molecule has 2 bridgehead atoms. The van der Waals surface area contributed by atoms with Crippen LogP contribution in [-0.4, -0.2) is 48.3 Å². The van der Waals surface area contributed by atoms with Crippen LogP contribution in [0.4, 0.5) is 0 Å². The van der Waals surface area contributed by atoms with Crippen LogP contribution in [0.2, 0.25) is 0 Å². The van der Waals surface area contributed by atoms with Crippen molar-refractivity contribution in [1.82, 2.24) is 0 Å². The fraction of sp³-hybridized carbons (Fsp3) is 0.614. The summed E-state index contributed by atoms with van der Waals surface area (Å²) in [5.41, 5.74) is 1.07. The first-order valence-electron chi connectivity index (χ1n) is 19.0. The van der Waals surface area contributed by atoms with Gasteiger partial charge in [-0.15, -0.1) is 0 Å². The summed E-state index contributed by atoms with van der Waals surface area (Å²) in [6.07, 6.45) is 19.4. The third-order valence-electron chi connectivity index (χ3n) is 11.3. The lowest BCUT2D eigenvalue weighted by Gasteiger charge is -2.38. The van der Waals surface area contributed by atoms with E-state index in [9.17, 15) is 19.2 Å². The zero-order valence-corrected chi connectivity index (χ0v) is 32.6. The Balaban J connectivity index is 0.000000636. The van der Waals surface area contributed by atoms with Crippen molar-refractivity contribution in [2.75, 3.05) is 0 Å². The Labute approximate surface area is 323 Å². The van der Waals surface area contributed by atoms with Gasteiger partial charge in [0.1, 0.15) is 24.1 Å². The fourth-order valence-electron chi connectivity index (χ4n) is 8.35. The third-order valence-corrected chi connectivity index (χ3v) is 11.3. The molecular formula is C44H64O10. The molecule has 4 heterocycles. The molecule has 300 valence electrons. The Morgan fingerprint density at radius 3 is 1.91 bits per heavy atom. The average Bonchev–Trinajstić information content (AvgIpc) is 3.63. The minimum absolute atomic E-state index is 0. The van der Waals surface area contributed by atoms with Crippen molar-refractivity contribution in [3.8, 4) is 0 Å². The zero-order chi connectivity index (χ0) is 39.7. The number of allylic oxidation sites excluding steroid dienone is 6. The van der Waals surface area contributed by atoms with Crippen LogP contribution in [0.15, 0.2) is 73.1 Å². The smallest absolute Gasteiger partial charge is 0.373 e. The highest BCUT2D eigenvalue weighted by Gasteiger charge is 2.63. The van der Waals surface area contributed by atoms with Crippen LogP contribution in [0, 0.1) is 35.0 Å². The molecular weight excluding hydrogens is 688 g/mol. The highest BCUT2D eigenvalue weighted by atomic mass is 16.6. The summed E-state index contributed by atoms with van der Waals surface area (Å²) in [7, 11) is 0. The van der Waals surface area contributed by atoms with Gasteiger partial charge in [0.15, 0.2) is 0 Å². The molecule has 0 aromatic carbocycles. The molecule has 0 spiro atoms. The van der Waals surface area contributed by atoms with Gasteiger partial charge in [-0.3, -0.25) is 9.59 Å². The van der Waals surface area contributed by atoms with Crippen LogP contribution in [0.3, 0.4) is 0 Å². The van der Waals surface area contributed by atoms with Crippen LogP contribution in [0.25, 0.3) is 0 Å². The van der Waals surface area contributed by atoms with Crippen LogP contribution >= 0.6 is 0 Å². The lowest BCUT2D eigenvalue weighted by molar-refractivity contribution is -0.192. The molecule has 5 aliphatic rings. The number of fused-ring (bicyclic) bond motifs is 2. The molecule has 0 aromatic rings. The van der Waals surface area contributed by atoms with Crippen LogP contribution < -0.4 is 0 Å². The lowest BCUT2D eigenvalue weighted by atomic mass is 9.66. The van der Waals surface area contributed by atoms with Gasteiger partial charge in [-0.2, -0.15) is 9.59 Å². The molecule has 1 aliphatic carbocycles. The highest BCUT2D eigenvalue weighted by Crippen LogP contribution is 2.59. The summed E-state index contributed by atoms with van der Waals surface area (Å²) in [5.74, 6) is 0.521. The van der Waals surface area contributed by atoms with Crippen molar-refractivity contribution in [1.29, 1.82) is 0 Å². The van der Waals surface area contributed by atoms with E-state index >= 15 is 0 Å². The highest BCUT2D eigenvalue weighted by molar-refractivity contribution is 5.89. The predicted molar refractivity (Wildman–Crippen MR) is 207 cm³/mol. The second-order valence-corrected chi connectivity index (χ2v) is 14.5. The number of carbonyl (C=O) groups is 4. The molecule has 5 rings (SSSR count). The number of cyclic esters (lactones) is 3. The molecule has 0 aromatic heterocycles. The maximum Gasteiger partial charge on any atom is 0.373 e. The normalized spacial score (nSPS) is 30.2. The van der Waals surface area contributed by atoms with Gasteiger partial charge >= 0.3 is 30.0 Å². The van der Waals surface area contributed by atoms with E-state index in [4.69, 9.17) is 28.5 Å². The molecule has 54 heavy (non-hydrogen) atoms. The summed E-state index contributed by atoms with van der Waals surface area (Å²) in [5, 5.41) is 0. The first kappa shape index (κ1) is 47.7. The van der Waals surface area contributed by atoms with Gasteiger partial charge < -0.3 is 18.9 Å². The second kappa shape index (κ2) is 23.5. The molecule has 10 heteroatoms. The summed E-state index contributed by atoms with van der Waals surface area (Å²) in [4.78, 5) is 65.7. The number of hydrogen-bond acceptors (Lipinski definition) is 10. The average molecular weight is 753 g/mol. The van der Waals surface area contributed by atoms with E-state index in [2.05, 4.69) is 40.5 Å². The molecule has 1 saturated carbocycles. The number of ether oxygens (including phenoxy) is 4. The fourth-order valence-corrected chi connectivity index (χ4v) is 8.35. The van der Waals surface area contributed by atoms with Gasteiger partial charge in [0.2, 0.25) is 0 Å². The SMILES string of the molecule is C.C/C=C1\CCC(C(CC(C)C2CC/C(=C/CC)OC2=O)CC2C3CCC2(C(C)C)C(=O)O3)OC1=O.C=CC1CC/C(=C\C)C(=O)O1.C=CC=C.O=C=O. The first-order valence-corrected chi connectivity index (χ1v) is 19.0. The third kappa shape index (κ3) is 12.1. The summed E-state index contributed by atoms with van der Waals surface area (Å²) in [6, 6.07) is 0. The van der Waals surface area contributed by atoms with E-state index in [0.29, 0.717) is 6.42 Å². The van der Waals surface area contributed by atoms with Crippen molar-refractivity contribution in [3.63, 3.8) is 0 Å². The topological polar surface area (TPSA) is 139 Å². The Kier molecular flexibility index (Phi) is 20.7. The van der Waals surface area contributed by atoms with Gasteiger partial charge in [0, 0.05) is 23.5 Å². The van der Waals surface area contributed by atoms with Crippen molar-refractivity contribution in [2.45, 2.75) is 138 Å². The van der Waals surface area contributed by atoms with Crippen LogP contribution in [-0.2, 0) is 47.7 Å². The van der Waals surface area contributed by atoms with Crippen molar-refractivity contribution in [2.24, 2.45) is 35.0 Å². The molecule has 0 radical (unpaired) electrons. The zero-order valence-electron chi connectivity index (χ0n) is 32.6. The summed E-state index contributed by atoms with van der Waals surface area (Å²) in [6.45, 7) is 22.4. The molecule has 8 unspecified atom stereocenters. The summed E-state index contributed by atoms with van der Waals surface area (Å²) >= 11 is 0. The Morgan fingerprint density at radius 2 is 1.44 bits per heavy atom. The number of esters is 4. The minimum Gasteiger partial charge on any atom is -0.462 e. The van der Waals surface area contributed by atoms with Gasteiger partial charge in [-0.05, 0) is 102 Å². The lowest BCUT2D eigenvalue weighted by Crippen LogP contribution is -2.40. The van der Waals surface area contributed by atoms with Crippen molar-refractivity contribution < 1.29 is 47.7 Å². The second-order valence-electron chi connectivity index (χ2n) is 14.5. The maximum absolute atomic E-state index is 12.9. The Bertz CT molecular complexity index is 1440. The number of carbonyl (C=O) groups excluding carboxylic acids is 6. The molecule has 0 N–H and O–H groups in total. The number of rotatable bonds is 10. The van der Waals surface area contributed by atoms with E-state index in [0.717, 1.165) is 81.1 Å². The maximum atomic E-state index is 12.9. The number of hydrogen-bond donors (Lipinski definition) is 0. The summed E-state index contributed by atoms with van der Waals surface area (Å²) < 4.78 is 22.4. The Hall–Kier alpha value is -4.30. The van der Waals surface area contributed by atoms with Crippen molar-refractivity contribution in [3.05, 3.63) is 73.1 Å². The monoisotopic (exact) mass is 752 g/mol. The minimum atomic E-state index is -0.442. The Morgan fingerprint density at radius 1 is 0.852 bits per heavy atom. The molecule has 4 aliphatic heterocycles. The predicted octanol–water partition coefficient (Wildman–Crippen LogP) is 9.13. The van der Waals surface area contributed by atoms with Gasteiger partial charge in [0.25, 0.3) is 0 Å². The van der Waals surface area contributed by atoms with Crippen LogP contribution in [0.5, 0.6) is 0 Å². The van der Waals surface area contributed by atoms with Gasteiger partial charge in [0.05, 0.1) is 11.3 Å².